The first-order valence-corrected chi connectivity index (χ1v) is 6.24. The second kappa shape index (κ2) is 5.77. The van der Waals surface area contributed by atoms with Gasteiger partial charge in [-0.05, 0) is 44.2 Å². The topological polar surface area (TPSA) is 47.3 Å². The number of benzene rings is 2. The first-order valence-electron chi connectivity index (χ1n) is 6.24. The Bertz CT molecular complexity index is 598. The van der Waals surface area contributed by atoms with E-state index in [1.165, 1.54) is 0 Å². The lowest BCUT2D eigenvalue weighted by Crippen LogP contribution is -2.05. The number of halogens is 2. The summed E-state index contributed by atoms with van der Waals surface area (Å²) in [6, 6.07) is 8.94. The first kappa shape index (κ1) is 14.1. The summed E-state index contributed by atoms with van der Waals surface area (Å²) in [6.45, 7) is 3.87. The van der Waals surface area contributed by atoms with E-state index in [0.29, 0.717) is 5.69 Å². The molecule has 0 aliphatic carbocycles. The number of ether oxygens (including phenoxy) is 1. The van der Waals surface area contributed by atoms with Crippen molar-refractivity contribution in [3.05, 3.63) is 48.0 Å². The van der Waals surface area contributed by atoms with Gasteiger partial charge in [0, 0.05) is 11.8 Å². The highest BCUT2D eigenvalue weighted by Gasteiger charge is 2.08. The van der Waals surface area contributed by atoms with Crippen LogP contribution in [0.3, 0.4) is 0 Å². The molecule has 0 saturated carbocycles. The summed E-state index contributed by atoms with van der Waals surface area (Å²) in [6.07, 6.45) is 0.0850. The van der Waals surface area contributed by atoms with Crippen molar-refractivity contribution in [3.8, 4) is 5.75 Å². The fourth-order valence-electron chi connectivity index (χ4n) is 1.73. The van der Waals surface area contributed by atoms with Crippen LogP contribution < -0.4 is 15.8 Å². The second-order valence-electron chi connectivity index (χ2n) is 4.66. The molecule has 0 heterocycles. The first-order chi connectivity index (χ1) is 9.45. The average Bonchev–Trinajstić information content (AvgIpc) is 2.37. The molecule has 0 saturated heterocycles. The van der Waals surface area contributed by atoms with E-state index in [9.17, 15) is 8.78 Å². The SMILES string of the molecule is CC(C)Oc1ccc(Nc2cc(F)cc(F)c2N)cc1. The molecule has 0 radical (unpaired) electrons. The van der Waals surface area contributed by atoms with Gasteiger partial charge in [-0.15, -0.1) is 0 Å². The Hall–Kier alpha value is -2.30. The number of nitrogen functional groups attached to an aromatic ring is 1. The Morgan fingerprint density at radius 1 is 1.10 bits per heavy atom. The molecule has 0 spiro atoms. The van der Waals surface area contributed by atoms with Crippen LogP contribution in [0.5, 0.6) is 5.75 Å². The van der Waals surface area contributed by atoms with Crippen molar-refractivity contribution >= 4 is 17.1 Å². The molecule has 106 valence electrons. The van der Waals surface area contributed by atoms with Gasteiger partial charge in [-0.25, -0.2) is 8.78 Å². The summed E-state index contributed by atoms with van der Waals surface area (Å²) in [5, 5.41) is 2.87. The molecule has 0 fully saturated rings. The van der Waals surface area contributed by atoms with Crippen molar-refractivity contribution < 1.29 is 13.5 Å². The van der Waals surface area contributed by atoms with Gasteiger partial charge in [0.25, 0.3) is 0 Å². The standard InChI is InChI=1S/C15H16F2N2O/c1-9(2)20-12-5-3-11(4-6-12)19-14-8-10(16)7-13(17)15(14)18/h3-9,19H,18H2,1-2H3. The van der Waals surface area contributed by atoms with E-state index in [0.717, 1.165) is 17.9 Å². The molecule has 0 bridgehead atoms. The van der Waals surface area contributed by atoms with Crippen molar-refractivity contribution in [2.75, 3.05) is 11.1 Å². The fourth-order valence-corrected chi connectivity index (χ4v) is 1.73. The van der Waals surface area contributed by atoms with E-state index in [-0.39, 0.29) is 17.5 Å². The van der Waals surface area contributed by atoms with Gasteiger partial charge < -0.3 is 15.8 Å². The molecule has 3 N–H and O–H groups in total. The van der Waals surface area contributed by atoms with Gasteiger partial charge in [0.2, 0.25) is 0 Å². The third-order valence-electron chi connectivity index (χ3n) is 2.60. The molecule has 0 aliphatic heterocycles. The number of hydrogen-bond donors (Lipinski definition) is 2. The largest absolute Gasteiger partial charge is 0.491 e. The molecule has 2 aromatic rings. The second-order valence-corrected chi connectivity index (χ2v) is 4.66. The molecule has 20 heavy (non-hydrogen) atoms. The van der Waals surface area contributed by atoms with Crippen molar-refractivity contribution in [1.82, 2.24) is 0 Å². The minimum Gasteiger partial charge on any atom is -0.491 e. The van der Waals surface area contributed by atoms with Gasteiger partial charge in [-0.2, -0.15) is 0 Å². The monoisotopic (exact) mass is 278 g/mol. The zero-order chi connectivity index (χ0) is 14.7. The Kier molecular flexibility index (Phi) is 4.08. The van der Waals surface area contributed by atoms with E-state index in [2.05, 4.69) is 5.32 Å². The Labute approximate surface area is 116 Å². The maximum Gasteiger partial charge on any atom is 0.151 e. The van der Waals surface area contributed by atoms with Gasteiger partial charge in [0.05, 0.1) is 17.5 Å². The Morgan fingerprint density at radius 3 is 2.35 bits per heavy atom. The molecule has 2 aromatic carbocycles. The van der Waals surface area contributed by atoms with Gasteiger partial charge in [0.15, 0.2) is 5.82 Å². The van der Waals surface area contributed by atoms with Gasteiger partial charge in [0.1, 0.15) is 11.6 Å². The third-order valence-corrected chi connectivity index (χ3v) is 2.60. The zero-order valence-electron chi connectivity index (χ0n) is 11.3. The van der Waals surface area contributed by atoms with E-state index < -0.39 is 11.6 Å². The number of rotatable bonds is 4. The molecule has 2 rings (SSSR count). The predicted molar refractivity (Wildman–Crippen MR) is 76.3 cm³/mol. The van der Waals surface area contributed by atoms with Crippen LogP contribution in [0, 0.1) is 11.6 Å². The minimum atomic E-state index is -0.785. The van der Waals surface area contributed by atoms with E-state index in [4.69, 9.17) is 10.5 Å². The molecule has 0 aromatic heterocycles. The summed E-state index contributed by atoms with van der Waals surface area (Å²) >= 11 is 0. The van der Waals surface area contributed by atoms with Crippen LogP contribution in [0.15, 0.2) is 36.4 Å². The van der Waals surface area contributed by atoms with Gasteiger partial charge in [-0.1, -0.05) is 0 Å². The Morgan fingerprint density at radius 2 is 1.75 bits per heavy atom. The van der Waals surface area contributed by atoms with Crippen LogP contribution in [0.1, 0.15) is 13.8 Å². The molecular weight excluding hydrogens is 262 g/mol. The molecule has 3 nitrogen and oxygen atoms in total. The summed E-state index contributed by atoms with van der Waals surface area (Å²) in [4.78, 5) is 0. The maximum absolute atomic E-state index is 13.3. The normalized spacial score (nSPS) is 10.7. The fraction of sp³-hybridized carbons (Fsp3) is 0.200. The van der Waals surface area contributed by atoms with Gasteiger partial charge in [-0.3, -0.25) is 0 Å². The lowest BCUT2D eigenvalue weighted by Gasteiger charge is -2.12. The van der Waals surface area contributed by atoms with Crippen LogP contribution in [0.25, 0.3) is 0 Å². The molecule has 0 aliphatic rings. The van der Waals surface area contributed by atoms with Crippen molar-refractivity contribution in [2.45, 2.75) is 20.0 Å². The molecule has 5 heteroatoms. The number of nitrogens with one attached hydrogen (secondary N) is 1. The number of nitrogens with two attached hydrogens (primary N) is 1. The lowest BCUT2D eigenvalue weighted by atomic mass is 10.2. The van der Waals surface area contributed by atoms with E-state index >= 15 is 0 Å². The highest BCUT2D eigenvalue weighted by molar-refractivity contribution is 5.73. The van der Waals surface area contributed by atoms with Crippen LogP contribution in [-0.4, -0.2) is 6.10 Å². The molecular formula is C15H16F2N2O. The molecule has 0 amide bonds. The summed E-state index contributed by atoms with van der Waals surface area (Å²) in [5.74, 6) is -0.741. The highest BCUT2D eigenvalue weighted by Crippen LogP contribution is 2.27. The summed E-state index contributed by atoms with van der Waals surface area (Å²) in [5.41, 5.74) is 6.31. The predicted octanol–water partition coefficient (Wildman–Crippen LogP) is 4.08. The smallest absolute Gasteiger partial charge is 0.151 e. The highest BCUT2D eigenvalue weighted by atomic mass is 19.1. The van der Waals surface area contributed by atoms with Crippen LogP contribution in [-0.2, 0) is 0 Å². The van der Waals surface area contributed by atoms with Crippen LogP contribution in [0.4, 0.5) is 25.8 Å². The molecule has 0 atom stereocenters. The third kappa shape index (κ3) is 3.38. The van der Waals surface area contributed by atoms with E-state index in [1.807, 2.05) is 13.8 Å². The Balaban J connectivity index is 2.18. The van der Waals surface area contributed by atoms with E-state index in [1.54, 1.807) is 24.3 Å². The summed E-state index contributed by atoms with van der Waals surface area (Å²) in [7, 11) is 0. The van der Waals surface area contributed by atoms with Crippen molar-refractivity contribution in [3.63, 3.8) is 0 Å². The van der Waals surface area contributed by atoms with Gasteiger partial charge >= 0.3 is 0 Å². The minimum absolute atomic E-state index is 0.0850. The zero-order valence-corrected chi connectivity index (χ0v) is 11.3. The number of hydrogen-bond acceptors (Lipinski definition) is 3. The van der Waals surface area contributed by atoms with Crippen LogP contribution in [0.2, 0.25) is 0 Å². The summed E-state index contributed by atoms with van der Waals surface area (Å²) < 4.78 is 32.0. The number of anilines is 3. The van der Waals surface area contributed by atoms with Crippen LogP contribution >= 0.6 is 0 Å². The lowest BCUT2D eigenvalue weighted by molar-refractivity contribution is 0.242. The molecule has 0 unspecified atom stereocenters. The van der Waals surface area contributed by atoms with Crippen molar-refractivity contribution in [2.24, 2.45) is 0 Å². The maximum atomic E-state index is 13.3. The quantitative estimate of drug-likeness (QED) is 0.828. The average molecular weight is 278 g/mol. The van der Waals surface area contributed by atoms with Crippen molar-refractivity contribution in [1.29, 1.82) is 0 Å².